The van der Waals surface area contributed by atoms with Crippen molar-refractivity contribution >= 4 is 5.91 Å². The third kappa shape index (κ3) is 4.24. The number of benzene rings is 1. The summed E-state index contributed by atoms with van der Waals surface area (Å²) in [5.74, 6) is -0.0406. The van der Waals surface area contributed by atoms with E-state index in [1.54, 1.807) is 7.05 Å². The number of carbonyl (C=O) groups is 1. The minimum absolute atomic E-state index is 0.0406. The fraction of sp³-hybridized carbons (Fsp3) is 0.400. The maximum atomic E-state index is 11.9. The molecular weight excluding hydrogens is 312 g/mol. The van der Waals surface area contributed by atoms with Crippen LogP contribution in [0.2, 0.25) is 0 Å². The van der Waals surface area contributed by atoms with E-state index in [1.807, 2.05) is 31.2 Å². The highest BCUT2D eigenvalue weighted by Crippen LogP contribution is 2.25. The molecule has 1 aromatic heterocycles. The first kappa shape index (κ1) is 17.6. The molecular formula is C20H26N4O. The third-order valence-corrected chi connectivity index (χ3v) is 4.82. The van der Waals surface area contributed by atoms with Gasteiger partial charge in [0.1, 0.15) is 0 Å². The average Bonchev–Trinajstić information content (AvgIpc) is 2.63. The summed E-state index contributed by atoms with van der Waals surface area (Å²) in [5, 5.41) is 2.70. The first-order valence-electron chi connectivity index (χ1n) is 8.74. The molecule has 1 N–H and O–H groups in total. The summed E-state index contributed by atoms with van der Waals surface area (Å²) in [5.41, 5.74) is 4.07. The number of carbonyl (C=O) groups excluding carboxylic acids is 1. The van der Waals surface area contributed by atoms with Gasteiger partial charge in [-0.3, -0.25) is 19.6 Å². The molecule has 1 aliphatic heterocycles. The zero-order chi connectivity index (χ0) is 17.8. The molecule has 0 spiro atoms. The largest absolute Gasteiger partial charge is 0.355 e. The van der Waals surface area contributed by atoms with Gasteiger partial charge in [0.25, 0.3) is 5.91 Å². The molecule has 1 aliphatic rings. The van der Waals surface area contributed by atoms with Crippen LogP contribution in [0.3, 0.4) is 0 Å². The van der Waals surface area contributed by atoms with Crippen molar-refractivity contribution in [3.8, 4) is 0 Å². The maximum Gasteiger partial charge on any atom is 0.251 e. The predicted octanol–water partition coefficient (Wildman–Crippen LogP) is 2.24. The minimum Gasteiger partial charge on any atom is -0.355 e. The lowest BCUT2D eigenvalue weighted by molar-refractivity contribution is 0.0892. The van der Waals surface area contributed by atoms with Crippen LogP contribution in [0.5, 0.6) is 0 Å². The molecule has 0 saturated carbocycles. The van der Waals surface area contributed by atoms with Crippen molar-refractivity contribution < 1.29 is 4.79 Å². The van der Waals surface area contributed by atoms with E-state index in [4.69, 9.17) is 0 Å². The Kier molecular flexibility index (Phi) is 5.46. The maximum absolute atomic E-state index is 11.9. The first-order valence-corrected chi connectivity index (χ1v) is 8.74. The molecule has 1 aromatic carbocycles. The van der Waals surface area contributed by atoms with Crippen molar-refractivity contribution in [2.75, 3.05) is 33.7 Å². The SMILES string of the molecule is CNC(=O)c1cccc(C2CN(Cc3cccc(C)n3)CCN2C)c1. The number of amides is 1. The zero-order valence-electron chi connectivity index (χ0n) is 15.2. The second kappa shape index (κ2) is 7.76. The first-order chi connectivity index (χ1) is 12.1. The molecule has 2 heterocycles. The van der Waals surface area contributed by atoms with Crippen LogP contribution in [0.25, 0.3) is 0 Å². The molecule has 0 radical (unpaired) electrons. The van der Waals surface area contributed by atoms with Crippen molar-refractivity contribution in [2.24, 2.45) is 0 Å². The monoisotopic (exact) mass is 338 g/mol. The van der Waals surface area contributed by atoms with E-state index < -0.39 is 0 Å². The lowest BCUT2D eigenvalue weighted by atomic mass is 10.00. The lowest BCUT2D eigenvalue weighted by Crippen LogP contribution is -2.46. The quantitative estimate of drug-likeness (QED) is 0.929. The Morgan fingerprint density at radius 1 is 1.24 bits per heavy atom. The molecule has 3 rings (SSSR count). The van der Waals surface area contributed by atoms with Crippen LogP contribution in [-0.4, -0.2) is 54.4 Å². The van der Waals surface area contributed by atoms with Crippen LogP contribution in [0.4, 0.5) is 0 Å². The summed E-state index contributed by atoms with van der Waals surface area (Å²) in [6, 6.07) is 14.4. The summed E-state index contributed by atoms with van der Waals surface area (Å²) in [4.78, 5) is 21.4. The van der Waals surface area contributed by atoms with Gasteiger partial charge in [0, 0.05) is 50.5 Å². The average molecular weight is 338 g/mol. The molecule has 25 heavy (non-hydrogen) atoms. The van der Waals surface area contributed by atoms with Gasteiger partial charge in [-0.15, -0.1) is 0 Å². The number of rotatable bonds is 4. The van der Waals surface area contributed by atoms with Crippen LogP contribution < -0.4 is 5.32 Å². The van der Waals surface area contributed by atoms with Crippen LogP contribution >= 0.6 is 0 Å². The predicted molar refractivity (Wildman–Crippen MR) is 99.5 cm³/mol. The van der Waals surface area contributed by atoms with E-state index in [2.05, 4.69) is 45.3 Å². The third-order valence-electron chi connectivity index (χ3n) is 4.82. The number of nitrogens with zero attached hydrogens (tertiary/aromatic N) is 3. The summed E-state index contributed by atoms with van der Waals surface area (Å²) in [7, 11) is 3.82. The van der Waals surface area contributed by atoms with E-state index in [0.29, 0.717) is 5.56 Å². The molecule has 1 saturated heterocycles. The molecule has 0 aliphatic carbocycles. The van der Waals surface area contributed by atoms with Crippen LogP contribution in [0, 0.1) is 6.92 Å². The summed E-state index contributed by atoms with van der Waals surface area (Å²) >= 11 is 0. The topological polar surface area (TPSA) is 48.5 Å². The zero-order valence-corrected chi connectivity index (χ0v) is 15.2. The Morgan fingerprint density at radius 3 is 2.80 bits per heavy atom. The lowest BCUT2D eigenvalue weighted by Gasteiger charge is -2.39. The molecule has 1 amide bonds. The van der Waals surface area contributed by atoms with Gasteiger partial charge in [-0.25, -0.2) is 0 Å². The van der Waals surface area contributed by atoms with Crippen molar-refractivity contribution in [3.05, 3.63) is 65.0 Å². The van der Waals surface area contributed by atoms with Crippen molar-refractivity contribution in [3.63, 3.8) is 0 Å². The number of aromatic nitrogens is 1. The summed E-state index contributed by atoms with van der Waals surface area (Å²) < 4.78 is 0. The number of pyridine rings is 1. The number of nitrogens with one attached hydrogen (secondary N) is 1. The van der Waals surface area contributed by atoms with Crippen molar-refractivity contribution in [1.29, 1.82) is 0 Å². The van der Waals surface area contributed by atoms with Gasteiger partial charge in [0.05, 0.1) is 5.69 Å². The summed E-state index contributed by atoms with van der Waals surface area (Å²) in [6.45, 7) is 5.85. The van der Waals surface area contributed by atoms with Crippen LogP contribution in [0.1, 0.15) is 33.4 Å². The Labute approximate surface area is 149 Å². The van der Waals surface area contributed by atoms with Crippen molar-refractivity contribution in [2.45, 2.75) is 19.5 Å². The highest BCUT2D eigenvalue weighted by molar-refractivity contribution is 5.94. The molecule has 5 nitrogen and oxygen atoms in total. The van der Waals surface area contributed by atoms with E-state index in [1.165, 1.54) is 5.56 Å². The van der Waals surface area contributed by atoms with Gasteiger partial charge in [0.15, 0.2) is 0 Å². The highest BCUT2D eigenvalue weighted by atomic mass is 16.1. The fourth-order valence-electron chi connectivity index (χ4n) is 3.38. The number of aryl methyl sites for hydroxylation is 1. The van der Waals surface area contributed by atoms with Gasteiger partial charge in [-0.05, 0) is 43.8 Å². The Balaban J connectivity index is 1.75. The Bertz CT molecular complexity index is 746. The number of piperazine rings is 1. The summed E-state index contributed by atoms with van der Waals surface area (Å²) in [6.07, 6.45) is 0. The van der Waals surface area contributed by atoms with Crippen LogP contribution in [0.15, 0.2) is 42.5 Å². The minimum atomic E-state index is -0.0406. The molecule has 0 bridgehead atoms. The standard InChI is InChI=1S/C20H26N4O/c1-15-6-4-9-18(22-15)13-24-11-10-23(3)19(14-24)16-7-5-8-17(12-16)20(25)21-2/h4-9,12,19H,10-11,13-14H2,1-3H3,(H,21,25). The molecule has 2 aromatic rings. The Morgan fingerprint density at radius 2 is 2.04 bits per heavy atom. The normalized spacial score (nSPS) is 18.9. The molecule has 132 valence electrons. The second-order valence-electron chi connectivity index (χ2n) is 6.71. The van der Waals surface area contributed by atoms with E-state index in [-0.39, 0.29) is 11.9 Å². The number of hydrogen-bond acceptors (Lipinski definition) is 4. The molecule has 1 fully saturated rings. The number of hydrogen-bond donors (Lipinski definition) is 1. The highest BCUT2D eigenvalue weighted by Gasteiger charge is 2.26. The van der Waals surface area contributed by atoms with Crippen LogP contribution in [-0.2, 0) is 6.54 Å². The molecule has 1 atom stereocenters. The van der Waals surface area contributed by atoms with E-state index in [0.717, 1.165) is 37.6 Å². The fourth-order valence-corrected chi connectivity index (χ4v) is 3.38. The van der Waals surface area contributed by atoms with Gasteiger partial charge in [0.2, 0.25) is 0 Å². The van der Waals surface area contributed by atoms with Gasteiger partial charge in [-0.1, -0.05) is 18.2 Å². The Hall–Kier alpha value is -2.24. The van der Waals surface area contributed by atoms with Gasteiger partial charge in [-0.2, -0.15) is 0 Å². The van der Waals surface area contributed by atoms with E-state index >= 15 is 0 Å². The second-order valence-corrected chi connectivity index (χ2v) is 6.71. The van der Waals surface area contributed by atoms with E-state index in [9.17, 15) is 4.79 Å². The number of likely N-dealkylation sites (N-methyl/N-ethyl adjacent to an activating group) is 1. The smallest absolute Gasteiger partial charge is 0.251 e. The van der Waals surface area contributed by atoms with Gasteiger partial charge >= 0.3 is 0 Å². The van der Waals surface area contributed by atoms with Crippen molar-refractivity contribution in [1.82, 2.24) is 20.1 Å². The molecule has 1 unspecified atom stereocenters. The van der Waals surface area contributed by atoms with Gasteiger partial charge < -0.3 is 5.32 Å². The molecule has 5 heteroatoms.